The number of unbranched alkanes of at least 4 members (excludes halogenated alkanes) is 1. The molecule has 0 amide bonds. The Morgan fingerprint density at radius 1 is 0.857 bits per heavy atom. The highest BCUT2D eigenvalue weighted by atomic mass is 16.5. The average molecular weight is 303 g/mol. The van der Waals surface area contributed by atoms with E-state index in [0.717, 1.165) is 38.5 Å². The van der Waals surface area contributed by atoms with E-state index in [2.05, 4.69) is 26.1 Å². The lowest BCUT2D eigenvalue weighted by molar-refractivity contribution is 0.0115. The summed E-state index contributed by atoms with van der Waals surface area (Å²) in [6, 6.07) is 0. The van der Waals surface area contributed by atoms with Crippen LogP contribution in [0.25, 0.3) is 0 Å². The van der Waals surface area contributed by atoms with Crippen molar-refractivity contribution >= 4 is 0 Å². The summed E-state index contributed by atoms with van der Waals surface area (Å²) in [4.78, 5) is 0. The normalized spacial score (nSPS) is 13.0. The fraction of sp³-hybridized carbons (Fsp3) is 1.00. The highest BCUT2D eigenvalue weighted by Gasteiger charge is 2.09. The predicted octanol–water partition coefficient (Wildman–Crippen LogP) is 3.11. The highest BCUT2D eigenvalue weighted by Crippen LogP contribution is 2.14. The van der Waals surface area contributed by atoms with Crippen molar-refractivity contribution in [1.82, 2.24) is 5.32 Å². The van der Waals surface area contributed by atoms with E-state index in [1.54, 1.807) is 0 Å². The second-order valence-corrected chi connectivity index (χ2v) is 6.03. The Bertz CT molecular complexity index is 200. The lowest BCUT2D eigenvalue weighted by Gasteiger charge is -2.18. The Morgan fingerprint density at radius 2 is 1.43 bits per heavy atom. The maximum absolute atomic E-state index is 5.64. The van der Waals surface area contributed by atoms with Gasteiger partial charge < -0.3 is 19.5 Å². The van der Waals surface area contributed by atoms with Crippen LogP contribution < -0.4 is 5.32 Å². The lowest BCUT2D eigenvalue weighted by Crippen LogP contribution is -2.22. The van der Waals surface area contributed by atoms with Gasteiger partial charge in [0, 0.05) is 13.2 Å². The maximum atomic E-state index is 5.64. The zero-order valence-electron chi connectivity index (χ0n) is 14.7. The van der Waals surface area contributed by atoms with Crippen molar-refractivity contribution in [3.63, 3.8) is 0 Å². The van der Waals surface area contributed by atoms with Gasteiger partial charge in [0.25, 0.3) is 0 Å². The third kappa shape index (κ3) is 16.0. The van der Waals surface area contributed by atoms with Gasteiger partial charge >= 0.3 is 0 Å². The van der Waals surface area contributed by atoms with Crippen LogP contribution in [0.5, 0.6) is 0 Å². The van der Waals surface area contributed by atoms with Crippen molar-refractivity contribution in [2.24, 2.45) is 11.8 Å². The molecule has 0 bridgehead atoms. The summed E-state index contributed by atoms with van der Waals surface area (Å²) in [7, 11) is 2.02. The Kier molecular flexibility index (Phi) is 16.1. The van der Waals surface area contributed by atoms with E-state index >= 15 is 0 Å². The van der Waals surface area contributed by atoms with E-state index in [4.69, 9.17) is 14.2 Å². The zero-order valence-corrected chi connectivity index (χ0v) is 14.7. The number of rotatable bonds is 16. The second-order valence-electron chi connectivity index (χ2n) is 6.03. The maximum Gasteiger partial charge on any atom is 0.0701 e. The predicted molar refractivity (Wildman–Crippen MR) is 88.9 cm³/mol. The Morgan fingerprint density at radius 3 is 1.95 bits per heavy atom. The Labute approximate surface area is 131 Å². The first kappa shape index (κ1) is 20.8. The van der Waals surface area contributed by atoms with Crippen LogP contribution in [0.1, 0.15) is 46.5 Å². The molecule has 1 atom stereocenters. The molecule has 0 aromatic carbocycles. The molecule has 1 N–H and O–H groups in total. The monoisotopic (exact) mass is 303 g/mol. The van der Waals surface area contributed by atoms with Crippen molar-refractivity contribution in [3.8, 4) is 0 Å². The second kappa shape index (κ2) is 16.2. The SMILES string of the molecule is CCCCOCCOCCOCCC(CNC)CC(C)C. The van der Waals surface area contributed by atoms with Gasteiger partial charge in [0.2, 0.25) is 0 Å². The minimum atomic E-state index is 0.665. The summed E-state index contributed by atoms with van der Waals surface area (Å²) in [5.41, 5.74) is 0. The van der Waals surface area contributed by atoms with Gasteiger partial charge in [0.15, 0.2) is 0 Å². The molecule has 0 fully saturated rings. The van der Waals surface area contributed by atoms with Gasteiger partial charge in [-0.3, -0.25) is 0 Å². The molecule has 0 rings (SSSR count). The number of hydrogen-bond donors (Lipinski definition) is 1. The van der Waals surface area contributed by atoms with E-state index in [1.165, 1.54) is 12.8 Å². The molecule has 4 nitrogen and oxygen atoms in total. The molecule has 0 aliphatic heterocycles. The van der Waals surface area contributed by atoms with Gasteiger partial charge in [-0.2, -0.15) is 0 Å². The number of nitrogens with one attached hydrogen (secondary N) is 1. The van der Waals surface area contributed by atoms with E-state index in [1.807, 2.05) is 7.05 Å². The summed E-state index contributed by atoms with van der Waals surface area (Å²) >= 11 is 0. The summed E-state index contributed by atoms with van der Waals surface area (Å²) in [6.45, 7) is 12.2. The van der Waals surface area contributed by atoms with E-state index in [0.29, 0.717) is 32.3 Å². The summed E-state index contributed by atoms with van der Waals surface area (Å²) in [6.07, 6.45) is 4.70. The largest absolute Gasteiger partial charge is 0.379 e. The first-order valence-corrected chi connectivity index (χ1v) is 8.58. The van der Waals surface area contributed by atoms with Crippen molar-refractivity contribution in [3.05, 3.63) is 0 Å². The standard InChI is InChI=1S/C17H37NO3/c1-5-6-8-19-10-12-21-13-11-20-9-7-17(15-18-4)14-16(2)3/h16-18H,5-15H2,1-4H3. The summed E-state index contributed by atoms with van der Waals surface area (Å²) in [5, 5.41) is 3.27. The first-order valence-electron chi connectivity index (χ1n) is 8.58. The van der Waals surface area contributed by atoms with Crippen LogP contribution >= 0.6 is 0 Å². The molecule has 4 heteroatoms. The molecule has 0 aliphatic carbocycles. The van der Waals surface area contributed by atoms with E-state index in [-0.39, 0.29) is 0 Å². The molecule has 0 aromatic heterocycles. The van der Waals surface area contributed by atoms with Gasteiger partial charge in [-0.25, -0.2) is 0 Å². The van der Waals surface area contributed by atoms with E-state index < -0.39 is 0 Å². The van der Waals surface area contributed by atoms with Crippen LogP contribution in [-0.2, 0) is 14.2 Å². The summed E-state index contributed by atoms with van der Waals surface area (Å²) < 4.78 is 16.5. The molecule has 0 saturated heterocycles. The van der Waals surface area contributed by atoms with Gasteiger partial charge in [0.1, 0.15) is 0 Å². The molecule has 128 valence electrons. The van der Waals surface area contributed by atoms with E-state index in [9.17, 15) is 0 Å². The fourth-order valence-corrected chi connectivity index (χ4v) is 2.30. The first-order chi connectivity index (χ1) is 10.2. The van der Waals surface area contributed by atoms with Crippen molar-refractivity contribution < 1.29 is 14.2 Å². The summed E-state index contributed by atoms with van der Waals surface area (Å²) in [5.74, 6) is 1.46. The quantitative estimate of drug-likeness (QED) is 0.445. The molecule has 0 heterocycles. The molecule has 0 spiro atoms. The van der Waals surface area contributed by atoms with Crippen LogP contribution in [0, 0.1) is 11.8 Å². The molecule has 0 saturated carbocycles. The van der Waals surface area contributed by atoms with Crippen LogP contribution in [0.4, 0.5) is 0 Å². The Hall–Kier alpha value is -0.160. The fourth-order valence-electron chi connectivity index (χ4n) is 2.30. The minimum absolute atomic E-state index is 0.665. The highest BCUT2D eigenvalue weighted by molar-refractivity contribution is 4.63. The van der Waals surface area contributed by atoms with Gasteiger partial charge in [-0.1, -0.05) is 27.2 Å². The van der Waals surface area contributed by atoms with Gasteiger partial charge in [-0.05, 0) is 44.7 Å². The molecular formula is C17H37NO3. The molecular weight excluding hydrogens is 266 g/mol. The third-order valence-corrected chi connectivity index (χ3v) is 3.35. The molecule has 1 unspecified atom stereocenters. The van der Waals surface area contributed by atoms with Gasteiger partial charge in [-0.15, -0.1) is 0 Å². The third-order valence-electron chi connectivity index (χ3n) is 3.35. The molecule has 0 radical (unpaired) electrons. The van der Waals surface area contributed by atoms with Crippen molar-refractivity contribution in [1.29, 1.82) is 0 Å². The smallest absolute Gasteiger partial charge is 0.0701 e. The molecule has 0 aliphatic rings. The number of ether oxygens (including phenoxy) is 3. The average Bonchev–Trinajstić information content (AvgIpc) is 2.44. The van der Waals surface area contributed by atoms with Crippen LogP contribution in [0.3, 0.4) is 0 Å². The molecule has 21 heavy (non-hydrogen) atoms. The topological polar surface area (TPSA) is 39.7 Å². The molecule has 0 aromatic rings. The minimum Gasteiger partial charge on any atom is -0.379 e. The van der Waals surface area contributed by atoms with Crippen LogP contribution in [-0.4, -0.2) is 53.2 Å². The number of hydrogen-bond acceptors (Lipinski definition) is 4. The van der Waals surface area contributed by atoms with Crippen molar-refractivity contribution in [2.75, 3.05) is 53.2 Å². The van der Waals surface area contributed by atoms with Crippen LogP contribution in [0.15, 0.2) is 0 Å². The van der Waals surface area contributed by atoms with Gasteiger partial charge in [0.05, 0.1) is 26.4 Å². The van der Waals surface area contributed by atoms with Crippen molar-refractivity contribution in [2.45, 2.75) is 46.5 Å². The Balaban J connectivity index is 3.29. The lowest BCUT2D eigenvalue weighted by atomic mass is 9.94. The zero-order chi connectivity index (χ0) is 15.8. The van der Waals surface area contributed by atoms with Crippen LogP contribution in [0.2, 0.25) is 0 Å².